The molecule has 0 saturated carbocycles. The van der Waals surface area contributed by atoms with Gasteiger partial charge in [-0.2, -0.15) is 0 Å². The van der Waals surface area contributed by atoms with Gasteiger partial charge in [-0.25, -0.2) is 0 Å². The Morgan fingerprint density at radius 1 is 1.50 bits per heavy atom. The number of nitro groups is 1. The molecule has 1 aromatic rings. The van der Waals surface area contributed by atoms with Crippen LogP contribution < -0.4 is 5.32 Å². The van der Waals surface area contributed by atoms with Gasteiger partial charge < -0.3 is 20.5 Å². The van der Waals surface area contributed by atoms with Crippen molar-refractivity contribution < 1.29 is 10.0 Å². The zero-order chi connectivity index (χ0) is 13.4. The van der Waals surface area contributed by atoms with Crippen LogP contribution in [0.4, 0.5) is 11.5 Å². The third-order valence-corrected chi connectivity index (χ3v) is 2.76. The Kier molecular flexibility index (Phi) is 6.07. The second-order valence-electron chi connectivity index (χ2n) is 4.21. The fraction of sp³-hybridized carbons (Fsp3) is 0.583. The number of anilines is 1. The Bertz CT molecular complexity index is 361. The number of aromatic nitrogens is 1. The number of pyridine rings is 1. The summed E-state index contributed by atoms with van der Waals surface area (Å²) in [6.07, 6.45) is 4.35. The summed E-state index contributed by atoms with van der Waals surface area (Å²) < 4.78 is 0. The Hall–Kier alpha value is -1.69. The third-order valence-electron chi connectivity index (χ3n) is 2.76. The fourth-order valence-electron chi connectivity index (χ4n) is 1.80. The number of rotatable bonds is 8. The van der Waals surface area contributed by atoms with Crippen LogP contribution in [0.25, 0.3) is 0 Å². The van der Waals surface area contributed by atoms with Crippen LogP contribution >= 0.6 is 0 Å². The van der Waals surface area contributed by atoms with Crippen LogP contribution in [0.15, 0.2) is 18.3 Å². The standard InChI is InChI=1S/C12H19N3O3/c1-2-3-10(6-7-16)8-13-11-4-5-12(14-9-11)15(17)18/h4-5,9-10,13,16H,2-3,6-8H2,1H3. The van der Waals surface area contributed by atoms with Crippen LogP contribution in [0.3, 0.4) is 0 Å². The summed E-state index contributed by atoms with van der Waals surface area (Å²) in [5.41, 5.74) is 0.764. The SMILES string of the molecule is CCCC(CCO)CNc1ccc([N+](=O)[O-])nc1. The molecule has 2 N–H and O–H groups in total. The van der Waals surface area contributed by atoms with Crippen molar-refractivity contribution >= 4 is 11.5 Å². The average molecular weight is 253 g/mol. The molecule has 0 aliphatic rings. The molecule has 0 spiro atoms. The smallest absolute Gasteiger partial charge is 0.363 e. The van der Waals surface area contributed by atoms with Gasteiger partial charge in [0, 0.05) is 19.2 Å². The Morgan fingerprint density at radius 2 is 2.28 bits per heavy atom. The molecular formula is C12H19N3O3. The van der Waals surface area contributed by atoms with Gasteiger partial charge in [0.1, 0.15) is 0 Å². The first-order chi connectivity index (χ1) is 8.67. The highest BCUT2D eigenvalue weighted by Crippen LogP contribution is 2.15. The summed E-state index contributed by atoms with van der Waals surface area (Å²) >= 11 is 0. The van der Waals surface area contributed by atoms with Crippen molar-refractivity contribution in [1.29, 1.82) is 0 Å². The molecule has 6 heteroatoms. The summed E-state index contributed by atoms with van der Waals surface area (Å²) in [4.78, 5) is 13.7. The van der Waals surface area contributed by atoms with E-state index < -0.39 is 4.92 Å². The van der Waals surface area contributed by atoms with E-state index in [2.05, 4.69) is 17.2 Å². The molecule has 18 heavy (non-hydrogen) atoms. The molecule has 6 nitrogen and oxygen atoms in total. The van der Waals surface area contributed by atoms with Crippen LogP contribution in [0, 0.1) is 16.0 Å². The molecule has 0 saturated heterocycles. The lowest BCUT2D eigenvalue weighted by Crippen LogP contribution is -2.15. The van der Waals surface area contributed by atoms with E-state index in [1.54, 1.807) is 6.07 Å². The molecule has 0 amide bonds. The number of hydrogen-bond donors (Lipinski definition) is 2. The van der Waals surface area contributed by atoms with Gasteiger partial charge in [-0.1, -0.05) is 13.3 Å². The van der Waals surface area contributed by atoms with Crippen molar-refractivity contribution in [2.75, 3.05) is 18.5 Å². The van der Waals surface area contributed by atoms with Crippen molar-refractivity contribution in [2.24, 2.45) is 5.92 Å². The van der Waals surface area contributed by atoms with E-state index in [4.69, 9.17) is 5.11 Å². The van der Waals surface area contributed by atoms with Gasteiger partial charge in [0.15, 0.2) is 6.20 Å². The van der Waals surface area contributed by atoms with E-state index in [1.165, 1.54) is 12.3 Å². The van der Waals surface area contributed by atoms with Crippen LogP contribution in [0.5, 0.6) is 0 Å². The first-order valence-electron chi connectivity index (χ1n) is 6.12. The zero-order valence-electron chi connectivity index (χ0n) is 10.5. The Balaban J connectivity index is 2.48. The third kappa shape index (κ3) is 4.67. The molecule has 0 aliphatic carbocycles. The first kappa shape index (κ1) is 14.4. The molecule has 0 aliphatic heterocycles. The molecule has 1 unspecified atom stereocenters. The van der Waals surface area contributed by atoms with Crippen molar-refractivity contribution in [2.45, 2.75) is 26.2 Å². The van der Waals surface area contributed by atoms with Crippen LogP contribution in [-0.2, 0) is 0 Å². The summed E-state index contributed by atoms with van der Waals surface area (Å²) in [7, 11) is 0. The van der Waals surface area contributed by atoms with Crippen LogP contribution in [0.1, 0.15) is 26.2 Å². The maximum Gasteiger partial charge on any atom is 0.363 e. The summed E-state index contributed by atoms with van der Waals surface area (Å²) in [5.74, 6) is 0.260. The minimum absolute atomic E-state index is 0.152. The van der Waals surface area contributed by atoms with E-state index in [0.717, 1.165) is 31.5 Å². The minimum Gasteiger partial charge on any atom is -0.396 e. The second kappa shape index (κ2) is 7.60. The normalized spacial score (nSPS) is 12.1. The highest BCUT2D eigenvalue weighted by molar-refractivity contribution is 5.43. The Labute approximate surface area is 106 Å². The predicted octanol–water partition coefficient (Wildman–Crippen LogP) is 2.20. The van der Waals surface area contributed by atoms with E-state index in [9.17, 15) is 10.1 Å². The number of aliphatic hydroxyl groups is 1. The number of nitrogens with zero attached hydrogens (tertiary/aromatic N) is 2. The predicted molar refractivity (Wildman–Crippen MR) is 69.5 cm³/mol. The summed E-state index contributed by atoms with van der Waals surface area (Å²) in [6, 6.07) is 3.02. The molecule has 0 radical (unpaired) electrons. The van der Waals surface area contributed by atoms with Gasteiger partial charge in [-0.3, -0.25) is 0 Å². The fourth-order valence-corrected chi connectivity index (χ4v) is 1.80. The van der Waals surface area contributed by atoms with E-state index in [1.807, 2.05) is 0 Å². The molecule has 0 fully saturated rings. The quantitative estimate of drug-likeness (QED) is 0.547. The number of hydrogen-bond acceptors (Lipinski definition) is 5. The highest BCUT2D eigenvalue weighted by Gasteiger charge is 2.09. The first-order valence-corrected chi connectivity index (χ1v) is 6.12. The van der Waals surface area contributed by atoms with Gasteiger partial charge in [0.05, 0.1) is 5.69 Å². The van der Waals surface area contributed by atoms with Crippen LogP contribution in [-0.4, -0.2) is 28.2 Å². The summed E-state index contributed by atoms with van der Waals surface area (Å²) in [6.45, 7) is 3.04. The Morgan fingerprint density at radius 3 is 2.78 bits per heavy atom. The monoisotopic (exact) mass is 253 g/mol. The maximum atomic E-state index is 10.4. The lowest BCUT2D eigenvalue weighted by Gasteiger charge is -2.15. The molecule has 1 atom stereocenters. The largest absolute Gasteiger partial charge is 0.396 e. The lowest BCUT2D eigenvalue weighted by molar-refractivity contribution is -0.389. The molecule has 1 heterocycles. The maximum absolute atomic E-state index is 10.4. The van der Waals surface area contributed by atoms with Gasteiger partial charge >= 0.3 is 5.82 Å². The van der Waals surface area contributed by atoms with Gasteiger partial charge in [-0.15, -0.1) is 0 Å². The van der Waals surface area contributed by atoms with E-state index >= 15 is 0 Å². The molecule has 0 aromatic carbocycles. The van der Waals surface area contributed by atoms with Gasteiger partial charge in [0.25, 0.3) is 0 Å². The number of nitrogens with one attached hydrogen (secondary N) is 1. The van der Waals surface area contributed by atoms with Gasteiger partial charge in [0.2, 0.25) is 0 Å². The second-order valence-corrected chi connectivity index (χ2v) is 4.21. The molecule has 100 valence electrons. The molecule has 0 bridgehead atoms. The minimum atomic E-state index is -0.518. The summed E-state index contributed by atoms with van der Waals surface area (Å²) in [5, 5.41) is 22.6. The molecule has 1 rings (SSSR count). The van der Waals surface area contributed by atoms with Crippen molar-refractivity contribution in [1.82, 2.24) is 4.98 Å². The van der Waals surface area contributed by atoms with Crippen molar-refractivity contribution in [3.63, 3.8) is 0 Å². The lowest BCUT2D eigenvalue weighted by atomic mass is 10.0. The zero-order valence-corrected chi connectivity index (χ0v) is 10.5. The molecule has 1 aromatic heterocycles. The van der Waals surface area contributed by atoms with Gasteiger partial charge in [-0.05, 0) is 34.7 Å². The number of aliphatic hydroxyl groups excluding tert-OH is 1. The van der Waals surface area contributed by atoms with Crippen molar-refractivity contribution in [3.05, 3.63) is 28.4 Å². The van der Waals surface area contributed by atoms with E-state index in [0.29, 0.717) is 5.92 Å². The average Bonchev–Trinajstić information content (AvgIpc) is 2.37. The topological polar surface area (TPSA) is 88.3 Å². The van der Waals surface area contributed by atoms with Crippen LogP contribution in [0.2, 0.25) is 0 Å². The van der Waals surface area contributed by atoms with E-state index in [-0.39, 0.29) is 12.4 Å². The van der Waals surface area contributed by atoms with Crippen molar-refractivity contribution in [3.8, 4) is 0 Å². The highest BCUT2D eigenvalue weighted by atomic mass is 16.6. The molecular weight excluding hydrogens is 234 g/mol.